The first kappa shape index (κ1) is 18.1. The molecule has 10 atom stereocenters. The van der Waals surface area contributed by atoms with Crippen molar-refractivity contribution in [3.63, 3.8) is 0 Å². The van der Waals surface area contributed by atoms with Crippen molar-refractivity contribution in [2.45, 2.75) is 76.3 Å². The largest absolute Gasteiger partial charge is 0.459 e. The maximum Gasteiger partial charge on any atom is 0.342 e. The van der Waals surface area contributed by atoms with Gasteiger partial charge in [-0.3, -0.25) is 4.79 Å². The molecule has 0 amide bonds. The van der Waals surface area contributed by atoms with Gasteiger partial charge in [0.2, 0.25) is 11.9 Å². The number of aliphatic hydroxyl groups is 2. The van der Waals surface area contributed by atoms with Crippen molar-refractivity contribution in [3.8, 4) is 0 Å². The van der Waals surface area contributed by atoms with E-state index in [1.807, 2.05) is 20.8 Å². The SMILES string of the molecule is C[C@@H]1C(=O)O[C@@H]2C[C@]34[C@@H]5C[C@H](C(C)(C)C)[C@]36[C@H](OC(=O)[C@@H]6O)O[C@@]4(C(=O)O5)[C@]12O. The Morgan fingerprint density at radius 1 is 1.03 bits per heavy atom. The van der Waals surface area contributed by atoms with Crippen molar-refractivity contribution in [1.82, 2.24) is 0 Å². The van der Waals surface area contributed by atoms with E-state index in [9.17, 15) is 24.6 Å². The van der Waals surface area contributed by atoms with Crippen LogP contribution in [-0.2, 0) is 33.3 Å². The highest BCUT2D eigenvalue weighted by Crippen LogP contribution is 2.84. The van der Waals surface area contributed by atoms with Crippen LogP contribution in [0, 0.1) is 28.1 Å². The van der Waals surface area contributed by atoms with E-state index in [0.29, 0.717) is 6.42 Å². The zero-order valence-corrected chi connectivity index (χ0v) is 16.6. The van der Waals surface area contributed by atoms with Gasteiger partial charge < -0.3 is 29.2 Å². The number of ether oxygens (including phenoxy) is 4. The Bertz CT molecular complexity index is 893. The first-order valence-corrected chi connectivity index (χ1v) is 10.1. The van der Waals surface area contributed by atoms with E-state index >= 15 is 0 Å². The lowest BCUT2D eigenvalue weighted by Crippen LogP contribution is -2.66. The van der Waals surface area contributed by atoms with Crippen molar-refractivity contribution in [3.05, 3.63) is 0 Å². The van der Waals surface area contributed by atoms with Crippen LogP contribution in [0.3, 0.4) is 0 Å². The van der Waals surface area contributed by atoms with E-state index in [1.54, 1.807) is 0 Å². The van der Waals surface area contributed by atoms with Crippen LogP contribution in [0.5, 0.6) is 0 Å². The van der Waals surface area contributed by atoms with Crippen LogP contribution < -0.4 is 0 Å². The van der Waals surface area contributed by atoms with Gasteiger partial charge in [-0.15, -0.1) is 0 Å². The Labute approximate surface area is 166 Å². The lowest BCUT2D eigenvalue weighted by atomic mass is 9.51. The van der Waals surface area contributed by atoms with Gasteiger partial charge in [-0.05, 0) is 24.7 Å². The fraction of sp³-hybridized carbons (Fsp3) is 0.850. The van der Waals surface area contributed by atoms with Crippen LogP contribution in [0.15, 0.2) is 0 Å². The first-order valence-electron chi connectivity index (χ1n) is 10.1. The van der Waals surface area contributed by atoms with Crippen LogP contribution in [0.25, 0.3) is 0 Å². The van der Waals surface area contributed by atoms with Gasteiger partial charge in [0, 0.05) is 6.42 Å². The lowest BCUT2D eigenvalue weighted by Gasteiger charge is -2.46. The quantitative estimate of drug-likeness (QED) is 0.408. The fourth-order valence-corrected chi connectivity index (χ4v) is 8.06. The van der Waals surface area contributed by atoms with Crippen molar-refractivity contribution < 1.29 is 43.5 Å². The average Bonchev–Trinajstić information content (AvgIpc) is 3.31. The summed E-state index contributed by atoms with van der Waals surface area (Å²) in [4.78, 5) is 38.1. The minimum atomic E-state index is -1.97. The van der Waals surface area contributed by atoms with E-state index in [0.717, 1.165) is 0 Å². The van der Waals surface area contributed by atoms with Crippen LogP contribution in [-0.4, -0.2) is 63.9 Å². The third-order valence-corrected chi connectivity index (χ3v) is 8.97. The number of carbonyl (C=O) groups is 3. The lowest BCUT2D eigenvalue weighted by molar-refractivity contribution is -0.238. The predicted octanol–water partition coefficient (Wildman–Crippen LogP) is -0.340. The van der Waals surface area contributed by atoms with Gasteiger partial charge in [-0.2, -0.15) is 0 Å². The molecular formula is C20H24O9. The summed E-state index contributed by atoms with van der Waals surface area (Å²) in [5, 5.41) is 23.0. The summed E-state index contributed by atoms with van der Waals surface area (Å²) in [6.07, 6.45) is -3.96. The van der Waals surface area contributed by atoms with E-state index in [-0.39, 0.29) is 17.8 Å². The molecule has 0 aromatic rings. The highest BCUT2D eigenvalue weighted by Gasteiger charge is 3.01. The van der Waals surface area contributed by atoms with Gasteiger partial charge in [0.05, 0.1) is 16.7 Å². The molecule has 29 heavy (non-hydrogen) atoms. The van der Waals surface area contributed by atoms with Gasteiger partial charge in [0.15, 0.2) is 11.7 Å². The minimum absolute atomic E-state index is 0.0623. The smallest absolute Gasteiger partial charge is 0.342 e. The van der Waals surface area contributed by atoms with Crippen LogP contribution in [0.1, 0.15) is 40.5 Å². The second-order valence-electron chi connectivity index (χ2n) is 10.6. The molecule has 2 saturated carbocycles. The Morgan fingerprint density at radius 3 is 2.38 bits per heavy atom. The third-order valence-electron chi connectivity index (χ3n) is 8.97. The zero-order chi connectivity index (χ0) is 20.9. The van der Waals surface area contributed by atoms with Gasteiger partial charge >= 0.3 is 17.9 Å². The third kappa shape index (κ3) is 1.35. The molecule has 4 aliphatic heterocycles. The van der Waals surface area contributed by atoms with Crippen molar-refractivity contribution in [1.29, 1.82) is 0 Å². The van der Waals surface area contributed by atoms with E-state index in [2.05, 4.69) is 0 Å². The van der Waals surface area contributed by atoms with Crippen LogP contribution in [0.4, 0.5) is 0 Å². The predicted molar refractivity (Wildman–Crippen MR) is 90.6 cm³/mol. The number of rotatable bonds is 0. The summed E-state index contributed by atoms with van der Waals surface area (Å²) >= 11 is 0. The van der Waals surface area contributed by atoms with E-state index in [1.165, 1.54) is 6.92 Å². The number of carbonyl (C=O) groups excluding carboxylic acids is 3. The Balaban J connectivity index is 1.68. The van der Waals surface area contributed by atoms with Gasteiger partial charge in [0.25, 0.3) is 0 Å². The summed E-state index contributed by atoms with van der Waals surface area (Å²) < 4.78 is 22.9. The molecule has 9 nitrogen and oxygen atoms in total. The molecule has 6 fully saturated rings. The van der Waals surface area contributed by atoms with Crippen molar-refractivity contribution in [2.24, 2.45) is 28.1 Å². The molecule has 2 N–H and O–H groups in total. The molecule has 158 valence electrons. The number of esters is 3. The van der Waals surface area contributed by atoms with Crippen molar-refractivity contribution >= 4 is 17.9 Å². The summed E-state index contributed by atoms with van der Waals surface area (Å²) in [7, 11) is 0. The standard InChI is InChI=1S/C20H24O9/c1-7-12(22)26-10-6-17-9-5-8(16(2,3)4)18(17)11(21)13(23)28-15(18)29-20(17,14(24)27-9)19(7,10)25/h7-11,15,21,25H,5-6H2,1-4H3/t7-,8-,9+,10-,11+,15-,17+,18+,19+,20-/m1/s1. The Morgan fingerprint density at radius 2 is 1.72 bits per heavy atom. The molecule has 0 unspecified atom stereocenters. The molecule has 0 radical (unpaired) electrons. The molecule has 2 spiro atoms. The van der Waals surface area contributed by atoms with Crippen molar-refractivity contribution in [2.75, 3.05) is 0 Å². The Kier molecular flexibility index (Phi) is 2.79. The highest BCUT2D eigenvalue weighted by molar-refractivity contribution is 5.93. The molecule has 6 aliphatic rings. The number of hydrogen-bond donors (Lipinski definition) is 2. The zero-order valence-electron chi connectivity index (χ0n) is 16.6. The Hall–Kier alpha value is -1.71. The van der Waals surface area contributed by atoms with Crippen LogP contribution >= 0.6 is 0 Å². The fourth-order valence-electron chi connectivity index (χ4n) is 8.06. The monoisotopic (exact) mass is 408 g/mol. The number of aliphatic hydroxyl groups excluding tert-OH is 1. The second kappa shape index (κ2) is 4.48. The highest BCUT2D eigenvalue weighted by atomic mass is 16.8. The molecule has 2 aliphatic carbocycles. The molecule has 6 rings (SSSR count). The molecule has 4 saturated heterocycles. The average molecular weight is 408 g/mol. The molecular weight excluding hydrogens is 384 g/mol. The summed E-state index contributed by atoms with van der Waals surface area (Å²) in [5.74, 6) is -3.52. The number of fused-ring (bicyclic) bond motifs is 1. The van der Waals surface area contributed by atoms with Crippen LogP contribution in [0.2, 0.25) is 0 Å². The molecule has 9 heteroatoms. The maximum absolute atomic E-state index is 13.3. The molecule has 0 aromatic carbocycles. The van der Waals surface area contributed by atoms with Gasteiger partial charge in [0.1, 0.15) is 12.2 Å². The minimum Gasteiger partial charge on any atom is -0.459 e. The summed E-state index contributed by atoms with van der Waals surface area (Å²) in [6, 6.07) is 0. The maximum atomic E-state index is 13.3. The topological polar surface area (TPSA) is 129 Å². The molecule has 0 aromatic heterocycles. The molecule has 0 bridgehead atoms. The molecule has 4 heterocycles. The number of hydrogen-bond acceptors (Lipinski definition) is 9. The van der Waals surface area contributed by atoms with E-state index in [4.69, 9.17) is 18.9 Å². The second-order valence-corrected chi connectivity index (χ2v) is 10.6. The summed E-state index contributed by atoms with van der Waals surface area (Å²) in [5.41, 5.74) is -6.81. The van der Waals surface area contributed by atoms with Gasteiger partial charge in [-0.25, -0.2) is 9.59 Å². The summed E-state index contributed by atoms with van der Waals surface area (Å²) in [6.45, 7) is 7.47. The van der Waals surface area contributed by atoms with E-state index < -0.39 is 70.5 Å². The first-order chi connectivity index (χ1) is 13.4. The van der Waals surface area contributed by atoms with Gasteiger partial charge in [-0.1, -0.05) is 20.8 Å². The normalized spacial score (nSPS) is 59.2.